The van der Waals surface area contributed by atoms with Crippen LogP contribution in [-0.4, -0.2) is 31.5 Å². The van der Waals surface area contributed by atoms with Crippen molar-refractivity contribution in [1.82, 2.24) is 16.0 Å². The van der Waals surface area contributed by atoms with E-state index in [9.17, 15) is 4.79 Å². The molecule has 5 nitrogen and oxygen atoms in total. The van der Waals surface area contributed by atoms with Crippen molar-refractivity contribution in [1.29, 1.82) is 0 Å². The summed E-state index contributed by atoms with van der Waals surface area (Å²) >= 11 is 0. The van der Waals surface area contributed by atoms with E-state index in [1.165, 1.54) is 6.42 Å². The Morgan fingerprint density at radius 3 is 2.41 bits per heavy atom. The first kappa shape index (κ1) is 18.7. The predicted molar refractivity (Wildman–Crippen MR) is 101 cm³/mol. The summed E-state index contributed by atoms with van der Waals surface area (Å²) in [7, 11) is 1.78. The van der Waals surface area contributed by atoms with E-state index in [1.807, 2.05) is 31.2 Å². The maximum Gasteiger partial charge on any atom is 0.251 e. The zero-order valence-corrected chi connectivity index (χ0v) is 15.7. The summed E-state index contributed by atoms with van der Waals surface area (Å²) in [4.78, 5) is 15.9. The van der Waals surface area contributed by atoms with Gasteiger partial charge in [-0.3, -0.25) is 9.79 Å². The van der Waals surface area contributed by atoms with E-state index >= 15 is 0 Å². The van der Waals surface area contributed by atoms with Crippen LogP contribution in [0.1, 0.15) is 36.2 Å². The summed E-state index contributed by atoms with van der Waals surface area (Å²) in [5.41, 5.74) is 1.81. The Hall–Kier alpha value is -1.31. The fourth-order valence-corrected chi connectivity index (χ4v) is 2.12. The SMILES string of the molecule is CCNC(=O)c1ccc(CNC(=NC)NC2CC2C)cc1.I. The van der Waals surface area contributed by atoms with Gasteiger partial charge in [-0.15, -0.1) is 24.0 Å². The summed E-state index contributed by atoms with van der Waals surface area (Å²) in [5, 5.41) is 9.46. The Morgan fingerprint density at radius 1 is 1.27 bits per heavy atom. The smallest absolute Gasteiger partial charge is 0.251 e. The molecule has 0 bridgehead atoms. The van der Waals surface area contributed by atoms with Crippen molar-refractivity contribution >= 4 is 35.8 Å². The average molecular weight is 416 g/mol. The van der Waals surface area contributed by atoms with E-state index in [-0.39, 0.29) is 29.9 Å². The Morgan fingerprint density at radius 2 is 1.91 bits per heavy atom. The molecule has 0 aromatic heterocycles. The van der Waals surface area contributed by atoms with Gasteiger partial charge < -0.3 is 16.0 Å². The minimum Gasteiger partial charge on any atom is -0.353 e. The first-order valence-corrected chi connectivity index (χ1v) is 7.48. The van der Waals surface area contributed by atoms with Crippen LogP contribution in [0.3, 0.4) is 0 Å². The molecule has 1 amide bonds. The van der Waals surface area contributed by atoms with Crippen LogP contribution in [0.2, 0.25) is 0 Å². The molecule has 6 heteroatoms. The minimum absolute atomic E-state index is 0. The number of carbonyl (C=O) groups excluding carboxylic acids is 1. The van der Waals surface area contributed by atoms with Crippen molar-refractivity contribution in [3.05, 3.63) is 35.4 Å². The van der Waals surface area contributed by atoms with E-state index in [4.69, 9.17) is 0 Å². The largest absolute Gasteiger partial charge is 0.353 e. The number of halogens is 1. The monoisotopic (exact) mass is 416 g/mol. The number of hydrogen-bond acceptors (Lipinski definition) is 2. The number of nitrogens with one attached hydrogen (secondary N) is 3. The second kappa shape index (κ2) is 8.97. The van der Waals surface area contributed by atoms with Gasteiger partial charge in [0.15, 0.2) is 5.96 Å². The lowest BCUT2D eigenvalue weighted by molar-refractivity contribution is 0.0956. The molecule has 3 N–H and O–H groups in total. The lowest BCUT2D eigenvalue weighted by Crippen LogP contribution is -2.38. The molecule has 0 saturated heterocycles. The van der Waals surface area contributed by atoms with Crippen LogP contribution in [0.25, 0.3) is 0 Å². The Balaban J connectivity index is 0.00000242. The van der Waals surface area contributed by atoms with Crippen LogP contribution in [0, 0.1) is 5.92 Å². The van der Waals surface area contributed by atoms with Crippen LogP contribution in [0.15, 0.2) is 29.3 Å². The van der Waals surface area contributed by atoms with Crippen molar-refractivity contribution in [2.24, 2.45) is 10.9 Å². The topological polar surface area (TPSA) is 65.5 Å². The lowest BCUT2D eigenvalue weighted by Gasteiger charge is -2.11. The molecule has 2 unspecified atom stereocenters. The first-order valence-electron chi connectivity index (χ1n) is 7.48. The van der Waals surface area contributed by atoms with E-state index in [1.54, 1.807) is 7.05 Å². The highest BCUT2D eigenvalue weighted by Crippen LogP contribution is 2.28. The van der Waals surface area contributed by atoms with Crippen LogP contribution >= 0.6 is 24.0 Å². The fourth-order valence-electron chi connectivity index (χ4n) is 2.12. The van der Waals surface area contributed by atoms with Gasteiger partial charge in [0.25, 0.3) is 5.91 Å². The third kappa shape index (κ3) is 5.47. The normalized spacial score (nSPS) is 19.9. The van der Waals surface area contributed by atoms with Crippen molar-refractivity contribution in [3.8, 4) is 0 Å². The maximum absolute atomic E-state index is 11.7. The number of rotatable bonds is 5. The summed E-state index contributed by atoms with van der Waals surface area (Å²) in [6.45, 7) is 5.47. The van der Waals surface area contributed by atoms with Gasteiger partial charge >= 0.3 is 0 Å². The molecule has 1 aliphatic rings. The molecule has 1 aromatic rings. The maximum atomic E-state index is 11.7. The van der Waals surface area contributed by atoms with Gasteiger partial charge in [-0.1, -0.05) is 19.1 Å². The number of guanidine groups is 1. The Kier molecular flexibility index (Phi) is 7.64. The van der Waals surface area contributed by atoms with Crippen LogP contribution in [-0.2, 0) is 6.54 Å². The predicted octanol–water partition coefficient (Wildman–Crippen LogP) is 2.13. The Labute approximate surface area is 149 Å². The van der Waals surface area contributed by atoms with Crippen molar-refractivity contribution in [3.63, 3.8) is 0 Å². The molecule has 1 saturated carbocycles. The van der Waals surface area contributed by atoms with Gasteiger partial charge in [-0.25, -0.2) is 0 Å². The molecule has 1 aromatic carbocycles. The second-order valence-corrected chi connectivity index (χ2v) is 5.45. The molecule has 2 rings (SSSR count). The van der Waals surface area contributed by atoms with Gasteiger partial charge in [0, 0.05) is 31.7 Å². The van der Waals surface area contributed by atoms with Crippen molar-refractivity contribution < 1.29 is 4.79 Å². The van der Waals surface area contributed by atoms with Gasteiger partial charge in [-0.2, -0.15) is 0 Å². The number of nitrogens with zero attached hydrogens (tertiary/aromatic N) is 1. The number of carbonyl (C=O) groups is 1. The number of hydrogen-bond donors (Lipinski definition) is 3. The van der Waals surface area contributed by atoms with E-state index < -0.39 is 0 Å². The van der Waals surface area contributed by atoms with Crippen molar-refractivity contribution in [2.75, 3.05) is 13.6 Å². The fraction of sp³-hybridized carbons (Fsp3) is 0.500. The minimum atomic E-state index is -0.0304. The average Bonchev–Trinajstić information content (AvgIpc) is 3.19. The van der Waals surface area contributed by atoms with Gasteiger partial charge in [0.05, 0.1) is 0 Å². The zero-order valence-electron chi connectivity index (χ0n) is 13.3. The molecule has 0 aliphatic heterocycles. The standard InChI is InChI=1S/C16H24N4O.HI/c1-4-18-15(21)13-7-5-12(6-8-13)10-19-16(17-3)20-14-9-11(14)2;/h5-8,11,14H,4,9-10H2,1-3H3,(H,18,21)(H2,17,19,20);1H. The molecule has 2 atom stereocenters. The van der Waals surface area contributed by atoms with Crippen LogP contribution in [0.5, 0.6) is 0 Å². The third-order valence-electron chi connectivity index (χ3n) is 3.67. The zero-order chi connectivity index (χ0) is 15.2. The Bertz CT molecular complexity index is 515. The van der Waals surface area contributed by atoms with Crippen LogP contribution in [0.4, 0.5) is 0 Å². The molecule has 0 heterocycles. The third-order valence-corrected chi connectivity index (χ3v) is 3.67. The van der Waals surface area contributed by atoms with Gasteiger partial charge in [0.1, 0.15) is 0 Å². The highest BCUT2D eigenvalue weighted by molar-refractivity contribution is 14.0. The molecule has 1 fully saturated rings. The van der Waals surface area contributed by atoms with E-state index in [0.717, 1.165) is 17.4 Å². The van der Waals surface area contributed by atoms with Gasteiger partial charge in [-0.05, 0) is 37.0 Å². The molecular formula is C16H25IN4O. The number of amides is 1. The van der Waals surface area contributed by atoms with Crippen molar-refractivity contribution in [2.45, 2.75) is 32.9 Å². The quantitative estimate of drug-likeness (QED) is 0.392. The second-order valence-electron chi connectivity index (χ2n) is 5.45. The van der Waals surface area contributed by atoms with Crippen LogP contribution < -0.4 is 16.0 Å². The summed E-state index contributed by atoms with van der Waals surface area (Å²) in [6, 6.07) is 8.17. The lowest BCUT2D eigenvalue weighted by atomic mass is 10.1. The first-order chi connectivity index (χ1) is 10.1. The molecule has 1 aliphatic carbocycles. The highest BCUT2D eigenvalue weighted by atomic mass is 127. The molecule has 0 spiro atoms. The molecule has 0 radical (unpaired) electrons. The molecule has 22 heavy (non-hydrogen) atoms. The summed E-state index contributed by atoms with van der Waals surface area (Å²) in [5.74, 6) is 1.54. The molecular weight excluding hydrogens is 391 g/mol. The molecule has 122 valence electrons. The van der Waals surface area contributed by atoms with E-state index in [2.05, 4.69) is 27.9 Å². The summed E-state index contributed by atoms with van der Waals surface area (Å²) < 4.78 is 0. The van der Waals surface area contributed by atoms with E-state index in [0.29, 0.717) is 24.7 Å². The highest BCUT2D eigenvalue weighted by Gasteiger charge is 2.33. The van der Waals surface area contributed by atoms with Gasteiger partial charge in [0.2, 0.25) is 0 Å². The summed E-state index contributed by atoms with van der Waals surface area (Å²) in [6.07, 6.45) is 1.21. The number of benzene rings is 1. The number of aliphatic imine (C=N–C) groups is 1.